The maximum atomic E-state index is 12.1. The van der Waals surface area contributed by atoms with Gasteiger partial charge in [-0.2, -0.15) is 0 Å². The van der Waals surface area contributed by atoms with Crippen LogP contribution in [0.15, 0.2) is 64.4 Å². The monoisotopic (exact) mass is 391 g/mol. The molecule has 2 aromatic carbocycles. The Morgan fingerprint density at radius 1 is 1.00 bits per heavy atom. The standard InChI is InChI=1S/C20H25NO3S2/c1-20(2,3)16-9-11-17(12-10-16)25-15-19(22)21-13-14-26(23,24)18-7-5-4-6-8-18/h4-12H,13-15H2,1-3H3,(H,21,22). The second-order valence-electron chi connectivity index (χ2n) is 7.04. The highest BCUT2D eigenvalue weighted by molar-refractivity contribution is 8.00. The zero-order valence-corrected chi connectivity index (χ0v) is 17.0. The summed E-state index contributed by atoms with van der Waals surface area (Å²) >= 11 is 1.44. The average molecular weight is 392 g/mol. The minimum atomic E-state index is -3.36. The number of carbonyl (C=O) groups is 1. The second-order valence-corrected chi connectivity index (χ2v) is 10.2. The smallest absolute Gasteiger partial charge is 0.230 e. The topological polar surface area (TPSA) is 63.2 Å². The molecular weight excluding hydrogens is 366 g/mol. The molecule has 0 aliphatic carbocycles. The molecule has 2 aromatic rings. The Balaban J connectivity index is 1.77. The van der Waals surface area contributed by atoms with E-state index in [9.17, 15) is 13.2 Å². The highest BCUT2D eigenvalue weighted by Crippen LogP contribution is 2.25. The fraction of sp³-hybridized carbons (Fsp3) is 0.350. The lowest BCUT2D eigenvalue weighted by molar-refractivity contribution is -0.118. The Bertz CT molecular complexity index is 824. The van der Waals surface area contributed by atoms with E-state index in [1.54, 1.807) is 30.3 Å². The molecule has 0 unspecified atom stereocenters. The Hall–Kier alpha value is -1.79. The first-order chi connectivity index (χ1) is 12.2. The summed E-state index contributed by atoms with van der Waals surface area (Å²) in [7, 11) is -3.36. The summed E-state index contributed by atoms with van der Waals surface area (Å²) in [6.45, 7) is 6.59. The van der Waals surface area contributed by atoms with Crippen molar-refractivity contribution in [3.05, 3.63) is 60.2 Å². The van der Waals surface area contributed by atoms with Gasteiger partial charge in [0.15, 0.2) is 9.84 Å². The predicted octanol–water partition coefficient (Wildman–Crippen LogP) is 3.67. The number of thioether (sulfide) groups is 1. The SMILES string of the molecule is CC(C)(C)c1ccc(SCC(=O)NCCS(=O)(=O)c2ccccc2)cc1. The zero-order chi connectivity index (χ0) is 19.2. The van der Waals surface area contributed by atoms with Crippen LogP contribution in [-0.2, 0) is 20.0 Å². The molecule has 0 heterocycles. The van der Waals surface area contributed by atoms with Crippen LogP contribution in [0.2, 0.25) is 0 Å². The molecule has 0 saturated carbocycles. The van der Waals surface area contributed by atoms with E-state index in [0.29, 0.717) is 0 Å². The first-order valence-electron chi connectivity index (χ1n) is 8.46. The fourth-order valence-corrected chi connectivity index (χ4v) is 4.23. The van der Waals surface area contributed by atoms with Gasteiger partial charge in [-0.05, 0) is 35.2 Å². The minimum Gasteiger partial charge on any atom is -0.354 e. The molecule has 0 atom stereocenters. The molecule has 2 rings (SSSR count). The molecule has 0 aromatic heterocycles. The van der Waals surface area contributed by atoms with Crippen molar-refractivity contribution >= 4 is 27.5 Å². The first-order valence-corrected chi connectivity index (χ1v) is 11.1. The number of hydrogen-bond acceptors (Lipinski definition) is 4. The third kappa shape index (κ3) is 6.18. The van der Waals surface area contributed by atoms with Gasteiger partial charge in [0.25, 0.3) is 0 Å². The van der Waals surface area contributed by atoms with Crippen LogP contribution in [0.25, 0.3) is 0 Å². The molecule has 1 amide bonds. The van der Waals surface area contributed by atoms with Crippen molar-refractivity contribution in [2.45, 2.75) is 36.0 Å². The molecule has 0 fully saturated rings. The second kappa shape index (κ2) is 8.73. The van der Waals surface area contributed by atoms with Crippen molar-refractivity contribution in [1.29, 1.82) is 0 Å². The summed E-state index contributed by atoms with van der Waals surface area (Å²) in [5.41, 5.74) is 1.35. The van der Waals surface area contributed by atoms with Crippen molar-refractivity contribution in [1.82, 2.24) is 5.32 Å². The van der Waals surface area contributed by atoms with E-state index in [-0.39, 0.29) is 34.3 Å². The third-order valence-corrected chi connectivity index (χ3v) is 6.63. The van der Waals surface area contributed by atoms with Crippen LogP contribution >= 0.6 is 11.8 Å². The maximum Gasteiger partial charge on any atom is 0.230 e. The molecule has 0 bridgehead atoms. The van der Waals surface area contributed by atoms with E-state index in [2.05, 4.69) is 38.2 Å². The van der Waals surface area contributed by atoms with Gasteiger partial charge in [0.2, 0.25) is 5.91 Å². The van der Waals surface area contributed by atoms with E-state index in [4.69, 9.17) is 0 Å². The minimum absolute atomic E-state index is 0.102. The number of benzene rings is 2. The molecule has 0 saturated heterocycles. The van der Waals surface area contributed by atoms with Gasteiger partial charge in [-0.1, -0.05) is 51.1 Å². The van der Waals surface area contributed by atoms with E-state index in [1.807, 2.05) is 12.1 Å². The molecular formula is C20H25NO3S2. The van der Waals surface area contributed by atoms with E-state index in [1.165, 1.54) is 17.3 Å². The number of carbonyl (C=O) groups excluding carboxylic acids is 1. The average Bonchev–Trinajstić information content (AvgIpc) is 2.60. The summed E-state index contributed by atoms with van der Waals surface area (Å²) in [5.74, 6) is -0.00771. The van der Waals surface area contributed by atoms with Crippen molar-refractivity contribution in [3.8, 4) is 0 Å². The molecule has 26 heavy (non-hydrogen) atoms. The van der Waals surface area contributed by atoms with Crippen molar-refractivity contribution < 1.29 is 13.2 Å². The summed E-state index contributed by atoms with van der Waals surface area (Å²) < 4.78 is 24.3. The highest BCUT2D eigenvalue weighted by atomic mass is 32.2. The van der Waals surface area contributed by atoms with Crippen molar-refractivity contribution in [3.63, 3.8) is 0 Å². The zero-order valence-electron chi connectivity index (χ0n) is 15.4. The van der Waals surface area contributed by atoms with Gasteiger partial charge < -0.3 is 5.32 Å². The van der Waals surface area contributed by atoms with Crippen molar-refractivity contribution in [2.75, 3.05) is 18.1 Å². The summed E-state index contributed by atoms with van der Waals surface area (Å²) in [4.78, 5) is 13.2. The lowest BCUT2D eigenvalue weighted by Gasteiger charge is -2.19. The van der Waals surface area contributed by atoms with E-state index in [0.717, 1.165) is 4.90 Å². The predicted molar refractivity (Wildman–Crippen MR) is 107 cm³/mol. The van der Waals surface area contributed by atoms with Crippen molar-refractivity contribution in [2.24, 2.45) is 0 Å². The largest absolute Gasteiger partial charge is 0.354 e. The molecule has 0 aliphatic heterocycles. The van der Waals surface area contributed by atoms with Crippen LogP contribution in [-0.4, -0.2) is 32.4 Å². The van der Waals surface area contributed by atoms with Crippen LogP contribution in [0.3, 0.4) is 0 Å². The summed E-state index contributed by atoms with van der Waals surface area (Å²) in [6.07, 6.45) is 0. The Morgan fingerprint density at radius 3 is 2.19 bits per heavy atom. The van der Waals surface area contributed by atoms with Crippen LogP contribution in [0, 0.1) is 0 Å². The van der Waals surface area contributed by atoms with Crippen LogP contribution in [0.4, 0.5) is 0 Å². The summed E-state index contributed by atoms with van der Waals surface area (Å²) in [5, 5.41) is 2.68. The number of amides is 1. The molecule has 140 valence electrons. The normalized spacial score (nSPS) is 12.0. The Kier molecular flexibility index (Phi) is 6.89. The van der Waals surface area contributed by atoms with E-state index >= 15 is 0 Å². The van der Waals surface area contributed by atoms with Gasteiger partial charge in [-0.15, -0.1) is 11.8 Å². The Labute approximate surface area is 160 Å². The van der Waals surface area contributed by atoms with Gasteiger partial charge in [0.05, 0.1) is 16.4 Å². The van der Waals surface area contributed by atoms with Gasteiger partial charge in [0, 0.05) is 11.4 Å². The summed E-state index contributed by atoms with van der Waals surface area (Å²) in [6, 6.07) is 16.4. The van der Waals surface area contributed by atoms with Gasteiger partial charge in [-0.25, -0.2) is 8.42 Å². The first kappa shape index (κ1) is 20.5. The van der Waals surface area contributed by atoms with Crippen LogP contribution < -0.4 is 5.32 Å². The number of rotatable bonds is 7. The molecule has 0 aliphatic rings. The van der Waals surface area contributed by atoms with E-state index < -0.39 is 9.84 Å². The third-order valence-electron chi connectivity index (χ3n) is 3.89. The quantitative estimate of drug-likeness (QED) is 0.732. The molecule has 4 nitrogen and oxygen atoms in total. The van der Waals surface area contributed by atoms with Crippen LogP contribution in [0.1, 0.15) is 26.3 Å². The maximum absolute atomic E-state index is 12.1. The lowest BCUT2D eigenvalue weighted by Crippen LogP contribution is -2.30. The number of nitrogens with one attached hydrogen (secondary N) is 1. The van der Waals surface area contributed by atoms with Gasteiger partial charge >= 0.3 is 0 Å². The number of sulfone groups is 1. The highest BCUT2D eigenvalue weighted by Gasteiger charge is 2.15. The molecule has 1 N–H and O–H groups in total. The number of hydrogen-bond donors (Lipinski definition) is 1. The Morgan fingerprint density at radius 2 is 1.62 bits per heavy atom. The van der Waals surface area contributed by atoms with Crippen LogP contribution in [0.5, 0.6) is 0 Å². The molecule has 0 radical (unpaired) electrons. The molecule has 0 spiro atoms. The fourth-order valence-electron chi connectivity index (χ4n) is 2.32. The molecule has 6 heteroatoms. The van der Waals surface area contributed by atoms with Gasteiger partial charge in [0.1, 0.15) is 0 Å². The van der Waals surface area contributed by atoms with Gasteiger partial charge in [-0.3, -0.25) is 4.79 Å². The lowest BCUT2D eigenvalue weighted by atomic mass is 9.87.